The number of urea groups is 1. The Morgan fingerprint density at radius 3 is 2.77 bits per heavy atom. The fraction of sp³-hybridized carbons (Fsp3) is 0.412. The zero-order valence-corrected chi connectivity index (χ0v) is 12.7. The van der Waals surface area contributed by atoms with Gasteiger partial charge in [-0.1, -0.05) is 30.3 Å². The molecule has 2 heterocycles. The van der Waals surface area contributed by atoms with E-state index in [-0.39, 0.29) is 6.03 Å². The van der Waals surface area contributed by atoms with Crippen LogP contribution in [0.2, 0.25) is 0 Å². The first-order valence-electron chi connectivity index (χ1n) is 7.89. The highest BCUT2D eigenvalue weighted by molar-refractivity contribution is 5.74. The Labute approximate surface area is 131 Å². The summed E-state index contributed by atoms with van der Waals surface area (Å²) in [6.07, 6.45) is 7.01. The second-order valence-electron chi connectivity index (χ2n) is 5.63. The highest BCUT2D eigenvalue weighted by atomic mass is 16.2. The van der Waals surface area contributed by atoms with Crippen LogP contribution < -0.4 is 5.32 Å². The Bertz CT molecular complexity index is 604. The summed E-state index contributed by atoms with van der Waals surface area (Å²) in [5.41, 5.74) is 1.36. The molecule has 0 aliphatic carbocycles. The van der Waals surface area contributed by atoms with Gasteiger partial charge in [0.2, 0.25) is 0 Å². The maximum atomic E-state index is 11.8. The fourth-order valence-electron chi connectivity index (χ4n) is 2.59. The first-order chi connectivity index (χ1) is 10.8. The van der Waals surface area contributed by atoms with Crippen molar-refractivity contribution in [1.29, 1.82) is 0 Å². The molecule has 2 aromatic rings. The summed E-state index contributed by atoms with van der Waals surface area (Å²) in [4.78, 5) is 18.0. The van der Waals surface area contributed by atoms with E-state index in [2.05, 4.69) is 39.1 Å². The maximum absolute atomic E-state index is 11.8. The minimum atomic E-state index is 0.0186. The van der Waals surface area contributed by atoms with Crippen molar-refractivity contribution in [1.82, 2.24) is 19.8 Å². The summed E-state index contributed by atoms with van der Waals surface area (Å²) < 4.78 is 2.12. The van der Waals surface area contributed by atoms with E-state index in [1.54, 1.807) is 6.20 Å². The van der Waals surface area contributed by atoms with Gasteiger partial charge in [-0.15, -0.1) is 0 Å². The van der Waals surface area contributed by atoms with Crippen molar-refractivity contribution in [2.45, 2.75) is 32.4 Å². The van der Waals surface area contributed by atoms with Gasteiger partial charge in [0.05, 0.1) is 6.54 Å². The lowest BCUT2D eigenvalue weighted by atomic mass is 10.1. The van der Waals surface area contributed by atoms with Crippen LogP contribution in [0, 0.1) is 0 Å². The monoisotopic (exact) mass is 298 g/mol. The number of hydrogen-bond donors (Lipinski definition) is 1. The molecule has 3 rings (SSSR count). The molecule has 0 spiro atoms. The lowest BCUT2D eigenvalue weighted by Gasteiger charge is -2.30. The van der Waals surface area contributed by atoms with Crippen LogP contribution in [0.4, 0.5) is 4.79 Å². The van der Waals surface area contributed by atoms with E-state index < -0.39 is 0 Å². The van der Waals surface area contributed by atoms with E-state index in [1.807, 2.05) is 17.2 Å². The van der Waals surface area contributed by atoms with Gasteiger partial charge in [0.15, 0.2) is 0 Å². The number of imidazole rings is 1. The normalized spacial score (nSPS) is 13.7. The molecule has 1 N–H and O–H groups in total. The Balaban J connectivity index is 1.46. The molecule has 1 aliphatic rings. The standard InChI is InChI=1S/C17H22N4O/c22-17(21-11-5-12-21)19-14-16-18-9-13-20(16)10-4-8-15-6-2-1-3-7-15/h1-3,6-7,9,13H,4-5,8,10-12,14H2,(H,19,22). The number of carbonyl (C=O) groups excluding carboxylic acids is 1. The third kappa shape index (κ3) is 3.67. The quantitative estimate of drug-likeness (QED) is 0.890. The van der Waals surface area contributed by atoms with E-state index in [9.17, 15) is 4.79 Å². The number of hydrogen-bond acceptors (Lipinski definition) is 2. The van der Waals surface area contributed by atoms with Crippen LogP contribution in [0.5, 0.6) is 0 Å². The molecular weight excluding hydrogens is 276 g/mol. The Hall–Kier alpha value is -2.30. The van der Waals surface area contributed by atoms with Gasteiger partial charge >= 0.3 is 6.03 Å². The number of aromatic nitrogens is 2. The van der Waals surface area contributed by atoms with Gasteiger partial charge in [-0.05, 0) is 24.8 Å². The van der Waals surface area contributed by atoms with Crippen molar-refractivity contribution >= 4 is 6.03 Å². The number of aryl methyl sites for hydroxylation is 2. The number of nitrogens with zero attached hydrogens (tertiary/aromatic N) is 3. The number of carbonyl (C=O) groups is 1. The summed E-state index contributed by atoms with van der Waals surface area (Å²) in [7, 11) is 0. The largest absolute Gasteiger partial charge is 0.333 e. The predicted molar refractivity (Wildman–Crippen MR) is 85.4 cm³/mol. The molecule has 0 saturated carbocycles. The number of benzene rings is 1. The first-order valence-corrected chi connectivity index (χ1v) is 7.89. The van der Waals surface area contributed by atoms with Gasteiger partial charge < -0.3 is 14.8 Å². The van der Waals surface area contributed by atoms with Crippen LogP contribution in [0.3, 0.4) is 0 Å². The van der Waals surface area contributed by atoms with Crippen LogP contribution in [0.15, 0.2) is 42.7 Å². The fourth-order valence-corrected chi connectivity index (χ4v) is 2.59. The lowest BCUT2D eigenvalue weighted by molar-refractivity contribution is 0.167. The first kappa shape index (κ1) is 14.6. The zero-order chi connectivity index (χ0) is 15.2. The van der Waals surface area contributed by atoms with E-state index in [4.69, 9.17) is 0 Å². The molecule has 0 radical (unpaired) electrons. The van der Waals surface area contributed by atoms with Crippen molar-refractivity contribution in [3.8, 4) is 0 Å². The minimum absolute atomic E-state index is 0.0186. The molecule has 1 saturated heterocycles. The molecule has 1 aromatic carbocycles. The molecule has 5 heteroatoms. The molecule has 116 valence electrons. The molecule has 0 unspecified atom stereocenters. The highest BCUT2D eigenvalue weighted by Crippen LogP contribution is 2.07. The molecule has 5 nitrogen and oxygen atoms in total. The minimum Gasteiger partial charge on any atom is -0.333 e. The van der Waals surface area contributed by atoms with Gasteiger partial charge in [0, 0.05) is 32.0 Å². The molecular formula is C17H22N4O. The van der Waals surface area contributed by atoms with Crippen LogP contribution >= 0.6 is 0 Å². The molecule has 0 bridgehead atoms. The summed E-state index contributed by atoms with van der Waals surface area (Å²) in [5, 5.41) is 2.94. The second-order valence-corrected chi connectivity index (χ2v) is 5.63. The van der Waals surface area contributed by atoms with Gasteiger partial charge in [-0.2, -0.15) is 0 Å². The van der Waals surface area contributed by atoms with Crippen molar-refractivity contribution in [2.24, 2.45) is 0 Å². The Kier molecular flexibility index (Phi) is 4.73. The highest BCUT2D eigenvalue weighted by Gasteiger charge is 2.19. The number of amides is 2. The van der Waals surface area contributed by atoms with Crippen LogP contribution in [-0.4, -0.2) is 33.6 Å². The molecule has 1 aromatic heterocycles. The number of nitrogens with one attached hydrogen (secondary N) is 1. The summed E-state index contributed by atoms with van der Waals surface area (Å²) in [6, 6.07) is 10.5. The molecule has 1 aliphatic heterocycles. The van der Waals surface area contributed by atoms with Crippen molar-refractivity contribution in [2.75, 3.05) is 13.1 Å². The average Bonchev–Trinajstić information content (AvgIpc) is 2.92. The summed E-state index contributed by atoms with van der Waals surface area (Å²) in [5.74, 6) is 0.918. The van der Waals surface area contributed by atoms with E-state index in [0.717, 1.165) is 44.7 Å². The second kappa shape index (κ2) is 7.11. The zero-order valence-electron chi connectivity index (χ0n) is 12.7. The third-order valence-corrected chi connectivity index (χ3v) is 4.05. The van der Waals surface area contributed by atoms with Gasteiger partial charge in [0.25, 0.3) is 0 Å². The van der Waals surface area contributed by atoms with E-state index in [0.29, 0.717) is 6.54 Å². The topological polar surface area (TPSA) is 50.2 Å². The van der Waals surface area contributed by atoms with Gasteiger partial charge in [-0.3, -0.25) is 0 Å². The van der Waals surface area contributed by atoms with E-state index >= 15 is 0 Å². The van der Waals surface area contributed by atoms with Crippen molar-refractivity contribution in [3.63, 3.8) is 0 Å². The lowest BCUT2D eigenvalue weighted by Crippen LogP contribution is -2.47. The maximum Gasteiger partial charge on any atom is 0.317 e. The molecule has 1 fully saturated rings. The van der Waals surface area contributed by atoms with Gasteiger partial charge in [0.1, 0.15) is 5.82 Å². The SMILES string of the molecule is O=C(NCc1nccn1CCCc1ccccc1)N1CCC1. The Morgan fingerprint density at radius 1 is 1.23 bits per heavy atom. The third-order valence-electron chi connectivity index (χ3n) is 4.05. The van der Waals surface area contributed by atoms with Crippen LogP contribution in [0.1, 0.15) is 24.2 Å². The number of likely N-dealkylation sites (tertiary alicyclic amines) is 1. The smallest absolute Gasteiger partial charge is 0.317 e. The van der Waals surface area contributed by atoms with Crippen LogP contribution in [0.25, 0.3) is 0 Å². The van der Waals surface area contributed by atoms with E-state index in [1.165, 1.54) is 5.56 Å². The molecule has 0 atom stereocenters. The molecule has 22 heavy (non-hydrogen) atoms. The molecule has 2 amide bonds. The summed E-state index contributed by atoms with van der Waals surface area (Å²) >= 11 is 0. The average molecular weight is 298 g/mol. The van der Waals surface area contributed by atoms with Crippen LogP contribution in [-0.2, 0) is 19.5 Å². The van der Waals surface area contributed by atoms with Crippen molar-refractivity contribution in [3.05, 3.63) is 54.1 Å². The predicted octanol–water partition coefficient (Wildman–Crippen LogP) is 2.43. The van der Waals surface area contributed by atoms with Gasteiger partial charge in [-0.25, -0.2) is 9.78 Å². The van der Waals surface area contributed by atoms with Crippen molar-refractivity contribution < 1.29 is 4.79 Å². The Morgan fingerprint density at radius 2 is 2.05 bits per heavy atom. The number of rotatable bonds is 6. The summed E-state index contributed by atoms with van der Waals surface area (Å²) in [6.45, 7) is 3.16.